The molecule has 170 valence electrons. The molecule has 0 radical (unpaired) electrons. The molecule has 1 aliphatic heterocycles. The van der Waals surface area contributed by atoms with Gasteiger partial charge < -0.3 is 24.5 Å². The lowest BCUT2D eigenvalue weighted by molar-refractivity contribution is -0.136. The van der Waals surface area contributed by atoms with Gasteiger partial charge in [-0.05, 0) is 30.2 Å². The second-order valence-corrected chi connectivity index (χ2v) is 8.32. The summed E-state index contributed by atoms with van der Waals surface area (Å²) in [5, 5.41) is 0.816. The van der Waals surface area contributed by atoms with E-state index >= 15 is 0 Å². The number of nitrogens with two attached hydrogens (primary N) is 1. The van der Waals surface area contributed by atoms with Gasteiger partial charge in [0, 0.05) is 24.8 Å². The first-order chi connectivity index (χ1) is 16.0. The van der Waals surface area contributed by atoms with Gasteiger partial charge in [0.05, 0.1) is 18.6 Å². The van der Waals surface area contributed by atoms with Crippen molar-refractivity contribution >= 4 is 34.0 Å². The molecule has 4 aromatic rings. The fraction of sp³-hybridized carbons (Fsp3) is 0.333. The van der Waals surface area contributed by atoms with E-state index < -0.39 is 12.0 Å². The van der Waals surface area contributed by atoms with E-state index in [1.807, 2.05) is 32.0 Å². The Morgan fingerprint density at radius 2 is 1.97 bits per heavy atom. The van der Waals surface area contributed by atoms with Crippen molar-refractivity contribution < 1.29 is 18.7 Å². The zero-order valence-electron chi connectivity index (χ0n) is 18.5. The number of fused-ring (bicyclic) bond motifs is 3. The first kappa shape index (κ1) is 21.3. The fourth-order valence-corrected chi connectivity index (χ4v) is 3.74. The molecule has 1 atom stereocenters. The molecule has 9 nitrogen and oxygen atoms in total. The van der Waals surface area contributed by atoms with Crippen LogP contribution in [0.3, 0.4) is 0 Å². The van der Waals surface area contributed by atoms with Crippen molar-refractivity contribution in [2.75, 3.05) is 31.2 Å². The Morgan fingerprint density at radius 1 is 1.15 bits per heavy atom. The predicted octanol–water partition coefficient (Wildman–Crippen LogP) is 3.16. The Labute approximate surface area is 190 Å². The van der Waals surface area contributed by atoms with Crippen LogP contribution >= 0.6 is 0 Å². The highest BCUT2D eigenvalue weighted by atomic mass is 16.5. The molecule has 0 bridgehead atoms. The van der Waals surface area contributed by atoms with Crippen molar-refractivity contribution in [2.45, 2.75) is 19.9 Å². The molecule has 4 heterocycles. The number of esters is 1. The molecule has 0 saturated carbocycles. The average molecular weight is 447 g/mol. The molecule has 1 aromatic carbocycles. The number of hydrogen-bond donors (Lipinski definition) is 1. The molecule has 1 aliphatic rings. The van der Waals surface area contributed by atoms with Gasteiger partial charge in [0.1, 0.15) is 17.3 Å². The van der Waals surface area contributed by atoms with E-state index in [9.17, 15) is 4.79 Å². The number of anilines is 1. The van der Waals surface area contributed by atoms with Gasteiger partial charge in [0.15, 0.2) is 17.2 Å². The minimum Gasteiger partial charge on any atom is -0.432 e. The quantitative estimate of drug-likeness (QED) is 0.364. The number of pyridine rings is 1. The van der Waals surface area contributed by atoms with E-state index in [0.29, 0.717) is 66.1 Å². The minimum absolute atomic E-state index is 0.0227. The van der Waals surface area contributed by atoms with E-state index in [-0.39, 0.29) is 5.92 Å². The van der Waals surface area contributed by atoms with Crippen molar-refractivity contribution in [1.82, 2.24) is 15.0 Å². The standard InChI is InChI=1S/C24H25N5O4/c1-14(2)18(25)24(30)32-16-6-3-5-15(13-16)21-27-19-17-7-4-8-26-23(17)33-20(19)22(28-21)29-9-11-31-12-10-29/h3-8,13-14,18H,9-12,25H2,1-2H3/t18-/m0/s1. The third-order valence-electron chi connectivity index (χ3n) is 5.68. The molecule has 3 aromatic heterocycles. The molecule has 33 heavy (non-hydrogen) atoms. The van der Waals surface area contributed by atoms with Crippen molar-refractivity contribution in [1.29, 1.82) is 0 Å². The van der Waals surface area contributed by atoms with Gasteiger partial charge in [-0.25, -0.2) is 19.7 Å². The maximum atomic E-state index is 12.3. The van der Waals surface area contributed by atoms with Crippen molar-refractivity contribution in [3.8, 4) is 17.1 Å². The topological polar surface area (TPSA) is 117 Å². The summed E-state index contributed by atoms with van der Waals surface area (Å²) in [6, 6.07) is 10.2. The van der Waals surface area contributed by atoms with Crippen LogP contribution in [0.5, 0.6) is 5.75 Å². The second-order valence-electron chi connectivity index (χ2n) is 8.32. The van der Waals surface area contributed by atoms with Gasteiger partial charge >= 0.3 is 5.97 Å². The van der Waals surface area contributed by atoms with Crippen molar-refractivity contribution in [3.63, 3.8) is 0 Å². The summed E-state index contributed by atoms with van der Waals surface area (Å²) in [7, 11) is 0. The number of ether oxygens (including phenoxy) is 2. The molecular formula is C24H25N5O4. The predicted molar refractivity (Wildman–Crippen MR) is 124 cm³/mol. The summed E-state index contributed by atoms with van der Waals surface area (Å²) < 4.78 is 17.1. The lowest BCUT2D eigenvalue weighted by atomic mass is 10.1. The largest absolute Gasteiger partial charge is 0.432 e. The van der Waals surface area contributed by atoms with E-state index in [1.54, 1.807) is 24.4 Å². The smallest absolute Gasteiger partial charge is 0.328 e. The number of benzene rings is 1. The maximum Gasteiger partial charge on any atom is 0.328 e. The van der Waals surface area contributed by atoms with Crippen LogP contribution in [-0.4, -0.2) is 53.3 Å². The molecular weight excluding hydrogens is 422 g/mol. The van der Waals surface area contributed by atoms with Gasteiger partial charge in [-0.1, -0.05) is 26.0 Å². The third-order valence-corrected chi connectivity index (χ3v) is 5.68. The van der Waals surface area contributed by atoms with Crippen LogP contribution < -0.4 is 15.4 Å². The number of carbonyl (C=O) groups excluding carboxylic acids is 1. The molecule has 0 spiro atoms. The Bertz CT molecular complexity index is 1310. The number of aromatic nitrogens is 3. The maximum absolute atomic E-state index is 12.3. The lowest BCUT2D eigenvalue weighted by Crippen LogP contribution is -2.38. The zero-order chi connectivity index (χ0) is 22.9. The first-order valence-corrected chi connectivity index (χ1v) is 11.0. The molecule has 1 fully saturated rings. The van der Waals surface area contributed by atoms with Gasteiger partial charge in [-0.3, -0.25) is 0 Å². The highest BCUT2D eigenvalue weighted by molar-refractivity contribution is 6.05. The molecule has 0 aliphatic carbocycles. The van der Waals surface area contributed by atoms with Crippen LogP contribution in [0.25, 0.3) is 33.6 Å². The summed E-state index contributed by atoms with van der Waals surface area (Å²) in [5.74, 6) is 1.09. The minimum atomic E-state index is -0.695. The molecule has 5 rings (SSSR count). The Morgan fingerprint density at radius 3 is 2.76 bits per heavy atom. The van der Waals surface area contributed by atoms with E-state index in [0.717, 1.165) is 5.39 Å². The number of morpholine rings is 1. The molecule has 2 N–H and O–H groups in total. The number of hydrogen-bond acceptors (Lipinski definition) is 9. The summed E-state index contributed by atoms with van der Waals surface area (Å²) in [6.07, 6.45) is 1.69. The van der Waals surface area contributed by atoms with Gasteiger partial charge in [-0.2, -0.15) is 0 Å². The summed E-state index contributed by atoms with van der Waals surface area (Å²) in [6.45, 7) is 6.37. The van der Waals surface area contributed by atoms with Crippen LogP contribution in [0.4, 0.5) is 5.82 Å². The second kappa shape index (κ2) is 8.76. The average Bonchev–Trinajstić information content (AvgIpc) is 3.22. The van der Waals surface area contributed by atoms with Crippen LogP contribution in [0.2, 0.25) is 0 Å². The zero-order valence-corrected chi connectivity index (χ0v) is 18.5. The fourth-order valence-electron chi connectivity index (χ4n) is 3.74. The van der Waals surface area contributed by atoms with E-state index in [2.05, 4.69) is 9.88 Å². The Hall–Kier alpha value is -3.56. The monoisotopic (exact) mass is 447 g/mol. The highest BCUT2D eigenvalue weighted by Gasteiger charge is 2.23. The van der Waals surface area contributed by atoms with Crippen LogP contribution in [-0.2, 0) is 9.53 Å². The van der Waals surface area contributed by atoms with Crippen LogP contribution in [0.1, 0.15) is 13.8 Å². The van der Waals surface area contributed by atoms with Gasteiger partial charge in [0.25, 0.3) is 0 Å². The summed E-state index contributed by atoms with van der Waals surface area (Å²) in [5.41, 5.74) is 8.45. The SMILES string of the molecule is CC(C)[C@H](N)C(=O)Oc1cccc(-c2nc(N3CCOCC3)c3oc4ncccc4c3n2)c1. The molecule has 0 amide bonds. The highest BCUT2D eigenvalue weighted by Crippen LogP contribution is 2.34. The van der Waals surface area contributed by atoms with E-state index in [1.165, 1.54) is 0 Å². The van der Waals surface area contributed by atoms with Crippen molar-refractivity contribution in [2.24, 2.45) is 11.7 Å². The number of nitrogens with zero attached hydrogens (tertiary/aromatic N) is 4. The third kappa shape index (κ3) is 4.12. The summed E-state index contributed by atoms with van der Waals surface area (Å²) >= 11 is 0. The number of rotatable bonds is 5. The molecule has 0 unspecified atom stereocenters. The van der Waals surface area contributed by atoms with Gasteiger partial charge in [-0.15, -0.1) is 0 Å². The Kier molecular flexibility index (Phi) is 5.65. The summed E-state index contributed by atoms with van der Waals surface area (Å²) in [4.78, 5) is 28.5. The van der Waals surface area contributed by atoms with E-state index in [4.69, 9.17) is 29.6 Å². The van der Waals surface area contributed by atoms with Crippen LogP contribution in [0.15, 0.2) is 47.0 Å². The first-order valence-electron chi connectivity index (χ1n) is 11.0. The van der Waals surface area contributed by atoms with Crippen LogP contribution in [0, 0.1) is 5.92 Å². The molecule has 1 saturated heterocycles. The molecule has 9 heteroatoms. The normalized spacial score (nSPS) is 15.3. The lowest BCUT2D eigenvalue weighted by Gasteiger charge is -2.27. The van der Waals surface area contributed by atoms with Gasteiger partial charge in [0.2, 0.25) is 5.71 Å². The number of furan rings is 1. The Balaban J connectivity index is 1.59. The van der Waals surface area contributed by atoms with Crippen molar-refractivity contribution in [3.05, 3.63) is 42.6 Å². The number of carbonyl (C=O) groups is 1.